The second-order valence-electron chi connectivity index (χ2n) is 3.93. The van der Waals surface area contributed by atoms with Gasteiger partial charge in [0.2, 0.25) is 5.88 Å². The SMILES string of the molecule is Cc1[nH]c2cc(F)ccc2c1-c1cc(N)on1. The van der Waals surface area contributed by atoms with E-state index in [1.165, 1.54) is 12.1 Å². The van der Waals surface area contributed by atoms with Gasteiger partial charge in [-0.25, -0.2) is 4.39 Å². The summed E-state index contributed by atoms with van der Waals surface area (Å²) in [5.74, 6) is -0.0131. The molecule has 0 aliphatic rings. The first-order valence-electron chi connectivity index (χ1n) is 5.15. The lowest BCUT2D eigenvalue weighted by Crippen LogP contribution is -1.79. The van der Waals surface area contributed by atoms with Gasteiger partial charge in [0.25, 0.3) is 0 Å². The van der Waals surface area contributed by atoms with Crippen LogP contribution in [0.2, 0.25) is 0 Å². The van der Waals surface area contributed by atoms with Crippen LogP contribution < -0.4 is 5.73 Å². The molecule has 0 bridgehead atoms. The van der Waals surface area contributed by atoms with Crippen LogP contribution in [0.25, 0.3) is 22.2 Å². The lowest BCUT2D eigenvalue weighted by molar-refractivity contribution is 0.439. The van der Waals surface area contributed by atoms with Crippen LogP contribution in [0.1, 0.15) is 5.69 Å². The second kappa shape index (κ2) is 3.35. The number of fused-ring (bicyclic) bond motifs is 1. The summed E-state index contributed by atoms with van der Waals surface area (Å²) in [7, 11) is 0. The number of rotatable bonds is 1. The van der Waals surface area contributed by atoms with Crippen molar-refractivity contribution in [3.8, 4) is 11.3 Å². The van der Waals surface area contributed by atoms with Crippen molar-refractivity contribution >= 4 is 16.8 Å². The summed E-state index contributed by atoms with van der Waals surface area (Å²) < 4.78 is 18.0. The van der Waals surface area contributed by atoms with Crippen molar-refractivity contribution in [3.05, 3.63) is 35.8 Å². The summed E-state index contributed by atoms with van der Waals surface area (Å²) in [6.45, 7) is 1.90. The highest BCUT2D eigenvalue weighted by atomic mass is 19.1. The summed E-state index contributed by atoms with van der Waals surface area (Å²) in [6, 6.07) is 6.24. The van der Waals surface area contributed by atoms with E-state index in [0.29, 0.717) is 5.69 Å². The number of aromatic amines is 1. The fourth-order valence-corrected chi connectivity index (χ4v) is 2.04. The smallest absolute Gasteiger partial charge is 0.222 e. The van der Waals surface area contributed by atoms with E-state index in [4.69, 9.17) is 10.3 Å². The van der Waals surface area contributed by atoms with Gasteiger partial charge in [0.05, 0.1) is 0 Å². The van der Waals surface area contributed by atoms with E-state index in [0.717, 1.165) is 22.2 Å². The van der Waals surface area contributed by atoms with Gasteiger partial charge in [0.1, 0.15) is 11.5 Å². The van der Waals surface area contributed by atoms with Crippen LogP contribution in [0.4, 0.5) is 10.3 Å². The third-order valence-corrected chi connectivity index (χ3v) is 2.73. The van der Waals surface area contributed by atoms with Crippen LogP contribution in [-0.4, -0.2) is 10.1 Å². The predicted molar refractivity (Wildman–Crippen MR) is 62.9 cm³/mol. The first kappa shape index (κ1) is 9.89. The molecule has 3 rings (SSSR count). The molecule has 0 amide bonds. The Morgan fingerprint density at radius 1 is 1.35 bits per heavy atom. The van der Waals surface area contributed by atoms with Crippen LogP contribution >= 0.6 is 0 Å². The zero-order valence-electron chi connectivity index (χ0n) is 9.12. The van der Waals surface area contributed by atoms with E-state index in [1.54, 1.807) is 12.1 Å². The van der Waals surface area contributed by atoms with Gasteiger partial charge in [-0.05, 0) is 25.1 Å². The van der Waals surface area contributed by atoms with Gasteiger partial charge in [-0.3, -0.25) is 0 Å². The Bertz CT molecular complexity index is 699. The number of aromatic nitrogens is 2. The number of anilines is 1. The first-order chi connectivity index (χ1) is 8.15. The maximum absolute atomic E-state index is 13.1. The van der Waals surface area contributed by atoms with Gasteiger partial charge >= 0.3 is 0 Å². The van der Waals surface area contributed by atoms with E-state index in [2.05, 4.69) is 10.1 Å². The standard InChI is InChI=1S/C12H10FN3O/c1-6-12(10-5-11(14)17-16-10)8-3-2-7(13)4-9(8)15-6/h2-5,15H,14H2,1H3. The molecule has 86 valence electrons. The van der Waals surface area contributed by atoms with Crippen molar-refractivity contribution in [3.63, 3.8) is 0 Å². The highest BCUT2D eigenvalue weighted by Crippen LogP contribution is 2.32. The lowest BCUT2D eigenvalue weighted by atomic mass is 10.1. The number of hydrogen-bond donors (Lipinski definition) is 2. The Labute approximate surface area is 96.2 Å². The molecule has 0 aliphatic heterocycles. The van der Waals surface area contributed by atoms with Crippen molar-refractivity contribution in [1.82, 2.24) is 10.1 Å². The fourth-order valence-electron chi connectivity index (χ4n) is 2.04. The molecule has 0 radical (unpaired) electrons. The Kier molecular flexibility index (Phi) is 1.95. The van der Waals surface area contributed by atoms with Gasteiger partial charge in [-0.1, -0.05) is 5.16 Å². The summed E-state index contributed by atoms with van der Waals surface area (Å²) in [4.78, 5) is 3.11. The van der Waals surface area contributed by atoms with Crippen molar-refractivity contribution in [1.29, 1.82) is 0 Å². The lowest BCUT2D eigenvalue weighted by Gasteiger charge is -1.94. The Morgan fingerprint density at radius 3 is 2.88 bits per heavy atom. The topological polar surface area (TPSA) is 67.8 Å². The molecule has 0 fully saturated rings. The van der Waals surface area contributed by atoms with Gasteiger partial charge in [0.15, 0.2) is 0 Å². The molecule has 0 saturated carbocycles. The molecule has 17 heavy (non-hydrogen) atoms. The molecule has 2 heterocycles. The van der Waals surface area contributed by atoms with Gasteiger partial charge < -0.3 is 15.2 Å². The minimum absolute atomic E-state index is 0.260. The van der Waals surface area contributed by atoms with Crippen molar-refractivity contribution in [2.24, 2.45) is 0 Å². The zero-order valence-corrected chi connectivity index (χ0v) is 9.12. The van der Waals surface area contributed by atoms with Crippen molar-refractivity contribution < 1.29 is 8.91 Å². The maximum atomic E-state index is 13.1. The third-order valence-electron chi connectivity index (χ3n) is 2.73. The highest BCUT2D eigenvalue weighted by molar-refractivity contribution is 5.96. The Balaban J connectivity index is 2.32. The van der Waals surface area contributed by atoms with Crippen molar-refractivity contribution in [2.45, 2.75) is 6.92 Å². The van der Waals surface area contributed by atoms with E-state index in [1.807, 2.05) is 6.92 Å². The molecule has 0 unspecified atom stereocenters. The molecular weight excluding hydrogens is 221 g/mol. The van der Waals surface area contributed by atoms with Crippen molar-refractivity contribution in [2.75, 3.05) is 5.73 Å². The van der Waals surface area contributed by atoms with E-state index in [-0.39, 0.29) is 11.7 Å². The number of nitrogens with one attached hydrogen (secondary N) is 1. The van der Waals surface area contributed by atoms with E-state index >= 15 is 0 Å². The molecule has 0 saturated heterocycles. The van der Waals surface area contributed by atoms with Gasteiger partial charge in [-0.2, -0.15) is 0 Å². The second-order valence-corrected chi connectivity index (χ2v) is 3.93. The van der Waals surface area contributed by atoms with Crippen LogP contribution in [-0.2, 0) is 0 Å². The first-order valence-corrected chi connectivity index (χ1v) is 5.15. The predicted octanol–water partition coefficient (Wildman–Crippen LogP) is 2.85. The number of nitrogen functional groups attached to an aromatic ring is 1. The van der Waals surface area contributed by atoms with Crippen LogP contribution in [0.5, 0.6) is 0 Å². The number of nitrogens with two attached hydrogens (primary N) is 1. The van der Waals surface area contributed by atoms with E-state index < -0.39 is 0 Å². The summed E-state index contributed by atoms with van der Waals surface area (Å²) in [5.41, 5.74) is 8.68. The number of H-pyrrole nitrogens is 1. The summed E-state index contributed by atoms with van der Waals surface area (Å²) >= 11 is 0. The molecule has 1 aromatic carbocycles. The molecular formula is C12H10FN3O. The average molecular weight is 231 g/mol. The van der Waals surface area contributed by atoms with Gasteiger partial charge in [-0.15, -0.1) is 0 Å². The number of hydrogen-bond acceptors (Lipinski definition) is 3. The minimum atomic E-state index is -0.273. The number of halogens is 1. The molecule has 3 aromatic rings. The molecule has 2 aromatic heterocycles. The summed E-state index contributed by atoms with van der Waals surface area (Å²) in [6.07, 6.45) is 0. The fraction of sp³-hybridized carbons (Fsp3) is 0.0833. The molecule has 5 heteroatoms. The number of aryl methyl sites for hydroxylation is 1. The van der Waals surface area contributed by atoms with Crippen LogP contribution in [0.3, 0.4) is 0 Å². The van der Waals surface area contributed by atoms with Gasteiger partial charge in [0, 0.05) is 28.2 Å². The molecule has 3 N–H and O–H groups in total. The van der Waals surface area contributed by atoms with E-state index in [9.17, 15) is 4.39 Å². The zero-order chi connectivity index (χ0) is 12.0. The van der Waals surface area contributed by atoms with Crippen LogP contribution in [0, 0.1) is 12.7 Å². The van der Waals surface area contributed by atoms with Crippen LogP contribution in [0.15, 0.2) is 28.8 Å². The molecule has 0 spiro atoms. The maximum Gasteiger partial charge on any atom is 0.222 e. The normalized spacial score (nSPS) is 11.2. The summed E-state index contributed by atoms with van der Waals surface area (Å²) in [5, 5.41) is 4.78. The average Bonchev–Trinajstić information content (AvgIpc) is 2.80. The monoisotopic (exact) mass is 231 g/mol. The highest BCUT2D eigenvalue weighted by Gasteiger charge is 2.14. The number of nitrogens with zero attached hydrogens (tertiary/aromatic N) is 1. The quantitative estimate of drug-likeness (QED) is 0.676. The molecule has 0 atom stereocenters. The Hall–Kier alpha value is -2.30. The Morgan fingerprint density at radius 2 is 2.18 bits per heavy atom. The third kappa shape index (κ3) is 1.47. The number of benzene rings is 1. The minimum Gasteiger partial charge on any atom is -0.368 e. The molecule has 0 aliphatic carbocycles. The largest absolute Gasteiger partial charge is 0.368 e. The molecule has 4 nitrogen and oxygen atoms in total.